The number of rotatable bonds is 23. The van der Waals surface area contributed by atoms with Crippen molar-refractivity contribution in [3.63, 3.8) is 0 Å². The summed E-state index contributed by atoms with van der Waals surface area (Å²) in [6.07, 6.45) is 34.5. The zero-order valence-electron chi connectivity index (χ0n) is 23.4. The Morgan fingerprint density at radius 3 is 1.69 bits per heavy atom. The molecule has 1 aromatic carbocycles. The Labute approximate surface area is 218 Å². The number of aromatic nitrogens is 2. The van der Waals surface area contributed by atoms with Gasteiger partial charge in [-0.05, 0) is 31.2 Å². The van der Waals surface area contributed by atoms with Gasteiger partial charge in [-0.2, -0.15) is 0 Å². The monoisotopic (exact) mass is 481 g/mol. The number of H-pyrrole nitrogens is 1. The Hall–Kier alpha value is -1.57. The molecule has 2 heteroatoms. The van der Waals surface area contributed by atoms with Crippen molar-refractivity contribution in [2.75, 3.05) is 0 Å². The molecule has 0 saturated heterocycles. The van der Waals surface area contributed by atoms with Crippen molar-refractivity contribution < 1.29 is 4.57 Å². The fraction of sp³-hybridized carbons (Fsp3) is 0.727. The van der Waals surface area contributed by atoms with Crippen molar-refractivity contribution in [1.29, 1.82) is 0 Å². The molecule has 0 aliphatic carbocycles. The van der Waals surface area contributed by atoms with Crippen molar-refractivity contribution in [2.24, 2.45) is 5.92 Å². The summed E-state index contributed by atoms with van der Waals surface area (Å²) in [5, 5.41) is 0. The van der Waals surface area contributed by atoms with Gasteiger partial charge in [0.2, 0.25) is 6.33 Å². The van der Waals surface area contributed by atoms with Crippen LogP contribution in [0.1, 0.15) is 147 Å². The molecule has 2 aromatic rings. The number of unbranched alkanes of at least 4 members (excludes halogenated alkanes) is 15. The Morgan fingerprint density at radius 2 is 1.17 bits per heavy atom. The molecule has 1 aromatic heterocycles. The standard InChI is InChI=1S/C33H56N2/c1-3-5-7-8-9-10-11-12-13-14-15-16-17-18-22-26-33(35-28-27-34-30-35)32(25-6-4-2)29-31-23-20-19-21-24-31/h19-21,23-24,27-28,30,32-33H,3-18,22,25-26,29H2,1-2H3/p+1. The van der Waals surface area contributed by atoms with Gasteiger partial charge in [0.1, 0.15) is 18.4 Å². The van der Waals surface area contributed by atoms with Gasteiger partial charge in [0.25, 0.3) is 0 Å². The molecule has 198 valence electrons. The van der Waals surface area contributed by atoms with E-state index in [4.69, 9.17) is 0 Å². The van der Waals surface area contributed by atoms with Crippen molar-refractivity contribution in [2.45, 2.75) is 148 Å². The molecular formula is C33H57N2+. The van der Waals surface area contributed by atoms with Gasteiger partial charge < -0.3 is 0 Å². The van der Waals surface area contributed by atoms with Gasteiger partial charge in [-0.1, -0.05) is 147 Å². The van der Waals surface area contributed by atoms with Gasteiger partial charge in [0.05, 0.1) is 0 Å². The van der Waals surface area contributed by atoms with E-state index in [-0.39, 0.29) is 0 Å². The van der Waals surface area contributed by atoms with Crippen LogP contribution in [0.5, 0.6) is 0 Å². The van der Waals surface area contributed by atoms with Crippen LogP contribution in [0.15, 0.2) is 49.1 Å². The summed E-state index contributed by atoms with van der Waals surface area (Å²) in [5.74, 6) is 0.713. The molecular weight excluding hydrogens is 424 g/mol. The van der Waals surface area contributed by atoms with Crippen LogP contribution in [0.2, 0.25) is 0 Å². The third kappa shape index (κ3) is 13.9. The lowest BCUT2D eigenvalue weighted by Gasteiger charge is -2.25. The zero-order valence-corrected chi connectivity index (χ0v) is 23.4. The summed E-state index contributed by atoms with van der Waals surface area (Å²) in [6.45, 7) is 4.63. The minimum Gasteiger partial charge on any atom is -0.250 e. The minimum absolute atomic E-state index is 0.606. The number of hydrogen-bond donors (Lipinski definition) is 1. The van der Waals surface area contributed by atoms with Gasteiger partial charge in [0, 0.05) is 5.92 Å². The fourth-order valence-electron chi connectivity index (χ4n) is 5.67. The average Bonchev–Trinajstić information content (AvgIpc) is 3.42. The number of benzene rings is 1. The van der Waals surface area contributed by atoms with Crippen LogP contribution in [0.4, 0.5) is 0 Å². The molecule has 1 N–H and O–H groups in total. The molecule has 0 fully saturated rings. The van der Waals surface area contributed by atoms with E-state index in [0.29, 0.717) is 12.0 Å². The van der Waals surface area contributed by atoms with Crippen LogP contribution in [0.3, 0.4) is 0 Å². The Morgan fingerprint density at radius 1 is 0.629 bits per heavy atom. The maximum Gasteiger partial charge on any atom is 0.241 e. The number of imidazole rings is 1. The zero-order chi connectivity index (χ0) is 24.8. The fourth-order valence-corrected chi connectivity index (χ4v) is 5.67. The predicted molar refractivity (Wildman–Crippen MR) is 153 cm³/mol. The highest BCUT2D eigenvalue weighted by Gasteiger charge is 2.26. The Kier molecular flexibility index (Phi) is 17.5. The Balaban J connectivity index is 1.62. The summed E-state index contributed by atoms with van der Waals surface area (Å²) < 4.78 is 2.47. The molecule has 0 aliphatic rings. The molecule has 2 atom stereocenters. The molecule has 0 amide bonds. The molecule has 0 aliphatic heterocycles. The third-order valence-corrected chi connectivity index (χ3v) is 7.87. The van der Waals surface area contributed by atoms with E-state index in [1.165, 1.54) is 134 Å². The molecule has 35 heavy (non-hydrogen) atoms. The number of nitrogens with one attached hydrogen (secondary N) is 1. The first-order valence-electron chi connectivity index (χ1n) is 15.4. The van der Waals surface area contributed by atoms with Crippen LogP contribution in [0, 0.1) is 5.92 Å². The number of hydrogen-bond acceptors (Lipinski definition) is 0. The molecule has 0 saturated carbocycles. The van der Waals surface area contributed by atoms with E-state index in [9.17, 15) is 0 Å². The molecule has 2 unspecified atom stereocenters. The van der Waals surface area contributed by atoms with Crippen LogP contribution >= 0.6 is 0 Å². The predicted octanol–water partition coefficient (Wildman–Crippen LogP) is 10.2. The summed E-state index contributed by atoms with van der Waals surface area (Å²) in [4.78, 5) is 3.30. The smallest absolute Gasteiger partial charge is 0.241 e. The van der Waals surface area contributed by atoms with E-state index < -0.39 is 0 Å². The molecule has 0 bridgehead atoms. The van der Waals surface area contributed by atoms with Crippen LogP contribution in [-0.2, 0) is 6.42 Å². The lowest BCUT2D eigenvalue weighted by molar-refractivity contribution is -0.730. The first-order chi connectivity index (χ1) is 17.3. The van der Waals surface area contributed by atoms with E-state index >= 15 is 0 Å². The first kappa shape index (κ1) is 29.7. The molecule has 2 nitrogen and oxygen atoms in total. The Bertz CT molecular complexity index is 678. The van der Waals surface area contributed by atoms with E-state index in [2.05, 4.69) is 72.5 Å². The van der Waals surface area contributed by atoms with Crippen molar-refractivity contribution in [3.8, 4) is 0 Å². The second kappa shape index (κ2) is 20.6. The van der Waals surface area contributed by atoms with Gasteiger partial charge >= 0.3 is 0 Å². The highest BCUT2D eigenvalue weighted by atomic mass is 15.1. The van der Waals surface area contributed by atoms with Gasteiger partial charge in [-0.3, -0.25) is 4.98 Å². The van der Waals surface area contributed by atoms with Gasteiger partial charge in [-0.25, -0.2) is 4.57 Å². The maximum absolute atomic E-state index is 3.30. The second-order valence-corrected chi connectivity index (χ2v) is 11.0. The summed E-state index contributed by atoms with van der Waals surface area (Å²) in [7, 11) is 0. The SMILES string of the molecule is CCCCCCCCCCCCCCCCCC(C(CCCC)Cc1ccccc1)[n+]1cc[nH]c1. The van der Waals surface area contributed by atoms with Crippen LogP contribution in [0.25, 0.3) is 0 Å². The van der Waals surface area contributed by atoms with Crippen LogP contribution < -0.4 is 4.57 Å². The largest absolute Gasteiger partial charge is 0.250 e. The van der Waals surface area contributed by atoms with Crippen LogP contribution in [-0.4, -0.2) is 4.98 Å². The minimum atomic E-state index is 0.606. The molecule has 0 radical (unpaired) electrons. The van der Waals surface area contributed by atoms with Crippen molar-refractivity contribution >= 4 is 0 Å². The summed E-state index contributed by atoms with van der Waals surface area (Å²) in [5.41, 5.74) is 1.49. The normalized spacial score (nSPS) is 13.2. The van der Waals surface area contributed by atoms with Crippen molar-refractivity contribution in [3.05, 3.63) is 54.6 Å². The molecule has 2 rings (SSSR count). The lowest BCUT2D eigenvalue weighted by atomic mass is 9.85. The van der Waals surface area contributed by atoms with E-state index in [0.717, 1.165) is 0 Å². The molecule has 1 heterocycles. The number of nitrogens with zero attached hydrogens (tertiary/aromatic N) is 1. The maximum atomic E-state index is 3.30. The highest BCUT2D eigenvalue weighted by molar-refractivity contribution is 5.15. The van der Waals surface area contributed by atoms with Gasteiger partial charge in [-0.15, -0.1) is 0 Å². The van der Waals surface area contributed by atoms with Crippen molar-refractivity contribution in [1.82, 2.24) is 4.98 Å². The average molecular weight is 482 g/mol. The number of aromatic amines is 1. The summed E-state index contributed by atoms with van der Waals surface area (Å²) >= 11 is 0. The first-order valence-corrected chi connectivity index (χ1v) is 15.4. The lowest BCUT2D eigenvalue weighted by Crippen LogP contribution is -2.42. The third-order valence-electron chi connectivity index (χ3n) is 7.87. The second-order valence-electron chi connectivity index (χ2n) is 11.0. The topological polar surface area (TPSA) is 19.7 Å². The van der Waals surface area contributed by atoms with Gasteiger partial charge in [0.15, 0.2) is 0 Å². The quantitative estimate of drug-likeness (QED) is 0.120. The summed E-state index contributed by atoms with van der Waals surface area (Å²) in [6, 6.07) is 11.8. The van der Waals surface area contributed by atoms with E-state index in [1.54, 1.807) is 0 Å². The highest BCUT2D eigenvalue weighted by Crippen LogP contribution is 2.28. The molecule has 0 spiro atoms. The van der Waals surface area contributed by atoms with E-state index in [1.807, 2.05) is 0 Å².